The molecule has 0 saturated carbocycles. The summed E-state index contributed by atoms with van der Waals surface area (Å²) in [6, 6.07) is 12.1. The minimum atomic E-state index is 0.819. The van der Waals surface area contributed by atoms with Crippen LogP contribution in [0.15, 0.2) is 54.2 Å². The molecule has 0 atom stereocenters. The molecule has 3 aromatic rings. The van der Waals surface area contributed by atoms with Gasteiger partial charge in [-0.1, -0.05) is 18.2 Å². The van der Waals surface area contributed by atoms with Crippen LogP contribution in [0.5, 0.6) is 0 Å². The maximum absolute atomic E-state index is 5.98. The first-order chi connectivity index (χ1) is 8.84. The van der Waals surface area contributed by atoms with E-state index in [-0.39, 0.29) is 0 Å². The van der Waals surface area contributed by atoms with E-state index in [0.717, 1.165) is 22.8 Å². The third kappa shape index (κ3) is 2.02. The molecule has 0 unspecified atom stereocenters. The molecule has 3 rings (SSSR count). The van der Waals surface area contributed by atoms with Gasteiger partial charge in [-0.25, -0.2) is 4.98 Å². The minimum absolute atomic E-state index is 0.819. The highest BCUT2D eigenvalue weighted by atomic mass is 32.1. The Morgan fingerprint density at radius 1 is 1.17 bits per heavy atom. The van der Waals surface area contributed by atoms with Gasteiger partial charge in [0, 0.05) is 35.6 Å². The lowest BCUT2D eigenvalue weighted by atomic mass is 10.1. The number of para-hydroxylation sites is 1. The van der Waals surface area contributed by atoms with Crippen LogP contribution >= 0.6 is 11.3 Å². The van der Waals surface area contributed by atoms with Gasteiger partial charge in [0.25, 0.3) is 0 Å². The average molecular weight is 255 g/mol. The van der Waals surface area contributed by atoms with Crippen LogP contribution in [0.3, 0.4) is 0 Å². The highest BCUT2D eigenvalue weighted by molar-refractivity contribution is 7.12. The summed E-state index contributed by atoms with van der Waals surface area (Å²) in [6.07, 6.45) is 4.67. The van der Waals surface area contributed by atoms with Crippen molar-refractivity contribution in [2.24, 2.45) is 0 Å². The molecule has 0 spiro atoms. The fourth-order valence-corrected chi connectivity index (χ4v) is 2.63. The van der Waals surface area contributed by atoms with Gasteiger partial charge in [-0.15, -0.1) is 11.3 Å². The van der Waals surface area contributed by atoms with Gasteiger partial charge in [0.15, 0.2) is 5.13 Å². The van der Waals surface area contributed by atoms with Crippen molar-refractivity contribution in [3.63, 3.8) is 0 Å². The summed E-state index contributed by atoms with van der Waals surface area (Å²) in [4.78, 5) is 4.33. The van der Waals surface area contributed by atoms with E-state index in [9.17, 15) is 0 Å². The molecule has 0 bridgehead atoms. The molecule has 0 aliphatic rings. The molecule has 0 fully saturated rings. The number of nitrogens with zero attached hydrogens (tertiary/aromatic N) is 2. The highest BCUT2D eigenvalue weighted by Crippen LogP contribution is 2.20. The van der Waals surface area contributed by atoms with E-state index in [4.69, 9.17) is 5.73 Å². The third-order valence-electron chi connectivity index (χ3n) is 2.89. The summed E-state index contributed by atoms with van der Waals surface area (Å²) in [6.45, 7) is 0. The second kappa shape index (κ2) is 4.66. The second-order valence-electron chi connectivity index (χ2n) is 4.06. The number of nitrogen functional groups attached to an aromatic ring is 1. The molecule has 2 aromatic heterocycles. The van der Waals surface area contributed by atoms with Crippen molar-refractivity contribution in [2.75, 3.05) is 5.73 Å². The van der Waals surface area contributed by atoms with Gasteiger partial charge in [0.05, 0.1) is 0 Å². The Bertz CT molecular complexity index is 641. The lowest BCUT2D eigenvalue weighted by Crippen LogP contribution is -2.01. The zero-order valence-electron chi connectivity index (χ0n) is 9.78. The van der Waals surface area contributed by atoms with Crippen molar-refractivity contribution in [3.8, 4) is 5.13 Å². The van der Waals surface area contributed by atoms with E-state index >= 15 is 0 Å². The number of hydrogen-bond acceptors (Lipinski definition) is 3. The lowest BCUT2D eigenvalue weighted by molar-refractivity contribution is 0.947. The van der Waals surface area contributed by atoms with Crippen LogP contribution in [-0.2, 0) is 6.42 Å². The number of nitrogens with two attached hydrogens (primary N) is 1. The number of benzene rings is 1. The Morgan fingerprint density at radius 2 is 2.06 bits per heavy atom. The summed E-state index contributed by atoms with van der Waals surface area (Å²) in [5, 5.41) is 2.97. The highest BCUT2D eigenvalue weighted by Gasteiger charge is 2.07. The fraction of sp³-hybridized carbons (Fsp3) is 0.0714. The molecule has 0 aliphatic carbocycles. The van der Waals surface area contributed by atoms with E-state index in [0.29, 0.717) is 0 Å². The van der Waals surface area contributed by atoms with Gasteiger partial charge in [-0.3, -0.25) is 4.57 Å². The van der Waals surface area contributed by atoms with Crippen LogP contribution in [-0.4, -0.2) is 9.55 Å². The topological polar surface area (TPSA) is 43.8 Å². The molecule has 0 amide bonds. The number of thiazole rings is 1. The summed E-state index contributed by atoms with van der Waals surface area (Å²) in [7, 11) is 0. The van der Waals surface area contributed by atoms with Crippen molar-refractivity contribution in [3.05, 3.63) is 65.4 Å². The maximum atomic E-state index is 5.98. The SMILES string of the molecule is Nc1ccccc1Cc1cccn1-c1nccs1. The zero-order chi connectivity index (χ0) is 12.4. The Hall–Kier alpha value is -2.07. The summed E-state index contributed by atoms with van der Waals surface area (Å²) in [5.74, 6) is 0. The normalized spacial score (nSPS) is 10.7. The van der Waals surface area contributed by atoms with Crippen molar-refractivity contribution >= 4 is 17.0 Å². The van der Waals surface area contributed by atoms with Crippen LogP contribution in [0.1, 0.15) is 11.3 Å². The largest absolute Gasteiger partial charge is 0.398 e. The predicted molar refractivity (Wildman–Crippen MR) is 75.1 cm³/mol. The van der Waals surface area contributed by atoms with E-state index in [2.05, 4.69) is 21.7 Å². The van der Waals surface area contributed by atoms with E-state index in [1.807, 2.05) is 42.0 Å². The van der Waals surface area contributed by atoms with Crippen LogP contribution in [0.2, 0.25) is 0 Å². The van der Waals surface area contributed by atoms with Crippen molar-refractivity contribution in [1.82, 2.24) is 9.55 Å². The summed E-state index contributed by atoms with van der Waals surface area (Å²) < 4.78 is 2.11. The van der Waals surface area contributed by atoms with E-state index in [1.54, 1.807) is 11.3 Å². The molecule has 3 nitrogen and oxygen atoms in total. The van der Waals surface area contributed by atoms with Gasteiger partial charge >= 0.3 is 0 Å². The average Bonchev–Trinajstić information content (AvgIpc) is 3.02. The Kier molecular flexibility index (Phi) is 2.86. The molecule has 1 aromatic carbocycles. The predicted octanol–water partition coefficient (Wildman–Crippen LogP) is 3.11. The first-order valence-corrected chi connectivity index (χ1v) is 6.62. The van der Waals surface area contributed by atoms with Crippen molar-refractivity contribution in [2.45, 2.75) is 6.42 Å². The smallest absolute Gasteiger partial charge is 0.193 e. The molecular weight excluding hydrogens is 242 g/mol. The summed E-state index contributed by atoms with van der Waals surface area (Å²) in [5.41, 5.74) is 9.17. The number of hydrogen-bond donors (Lipinski definition) is 1. The van der Waals surface area contributed by atoms with Gasteiger partial charge in [0.1, 0.15) is 0 Å². The fourth-order valence-electron chi connectivity index (χ4n) is 1.97. The van der Waals surface area contributed by atoms with Gasteiger partial charge in [-0.2, -0.15) is 0 Å². The number of aromatic nitrogens is 2. The maximum Gasteiger partial charge on any atom is 0.193 e. The molecule has 0 radical (unpaired) electrons. The van der Waals surface area contributed by atoms with Gasteiger partial charge < -0.3 is 5.73 Å². The Balaban J connectivity index is 1.95. The first kappa shape index (κ1) is 11.0. The molecule has 2 N–H and O–H groups in total. The van der Waals surface area contributed by atoms with Crippen LogP contribution in [0.25, 0.3) is 5.13 Å². The monoisotopic (exact) mass is 255 g/mol. The third-order valence-corrected chi connectivity index (χ3v) is 3.66. The van der Waals surface area contributed by atoms with Crippen molar-refractivity contribution in [1.29, 1.82) is 0 Å². The second-order valence-corrected chi connectivity index (χ2v) is 4.93. The van der Waals surface area contributed by atoms with Crippen LogP contribution in [0.4, 0.5) is 5.69 Å². The zero-order valence-corrected chi connectivity index (χ0v) is 10.6. The Labute approximate surface area is 110 Å². The molecule has 90 valence electrons. The first-order valence-electron chi connectivity index (χ1n) is 5.74. The van der Waals surface area contributed by atoms with Crippen LogP contribution in [0, 0.1) is 0 Å². The molecular formula is C14H13N3S. The van der Waals surface area contributed by atoms with Gasteiger partial charge in [-0.05, 0) is 23.8 Å². The lowest BCUT2D eigenvalue weighted by Gasteiger charge is -2.08. The molecule has 0 saturated heterocycles. The van der Waals surface area contributed by atoms with Crippen LogP contribution < -0.4 is 5.73 Å². The molecule has 0 aliphatic heterocycles. The van der Waals surface area contributed by atoms with Crippen molar-refractivity contribution < 1.29 is 0 Å². The summed E-state index contributed by atoms with van der Waals surface area (Å²) >= 11 is 1.63. The molecule has 2 heterocycles. The van der Waals surface area contributed by atoms with E-state index < -0.39 is 0 Å². The van der Waals surface area contributed by atoms with E-state index in [1.165, 1.54) is 5.69 Å². The number of anilines is 1. The minimum Gasteiger partial charge on any atom is -0.398 e. The van der Waals surface area contributed by atoms with Gasteiger partial charge in [0.2, 0.25) is 0 Å². The molecule has 4 heteroatoms. The molecule has 18 heavy (non-hydrogen) atoms. The number of rotatable bonds is 3. The quantitative estimate of drug-likeness (QED) is 0.731. The Morgan fingerprint density at radius 3 is 2.83 bits per heavy atom. The standard InChI is InChI=1S/C14H13N3S/c15-13-6-2-1-4-11(13)10-12-5-3-8-17(12)14-16-7-9-18-14/h1-9H,10,15H2.